The molecule has 0 unspecified atom stereocenters. The average Bonchev–Trinajstić information content (AvgIpc) is 2.76. The zero-order valence-corrected chi connectivity index (χ0v) is 17.5. The van der Waals surface area contributed by atoms with Gasteiger partial charge in [-0.15, -0.1) is 0 Å². The summed E-state index contributed by atoms with van der Waals surface area (Å²) < 4.78 is 11.4. The lowest BCUT2D eigenvalue weighted by Crippen LogP contribution is -2.12. The minimum atomic E-state index is 0.167. The molecule has 4 nitrogen and oxygen atoms in total. The molecule has 2 N–H and O–H groups in total. The number of rotatable bonds is 10. The summed E-state index contributed by atoms with van der Waals surface area (Å²) in [4.78, 5) is 0. The van der Waals surface area contributed by atoms with E-state index < -0.39 is 0 Å². The minimum absolute atomic E-state index is 0.167. The maximum atomic E-state index is 8.89. The van der Waals surface area contributed by atoms with Crippen LogP contribution in [0.2, 0.25) is 0 Å². The number of benzene rings is 2. The van der Waals surface area contributed by atoms with Gasteiger partial charge in [-0.1, -0.05) is 24.3 Å². The van der Waals surface area contributed by atoms with Crippen LogP contribution in [0.5, 0.6) is 11.5 Å². The Bertz CT molecular complexity index is 733. The first-order valence-electron chi connectivity index (χ1n) is 10.9. The molecule has 0 saturated heterocycles. The highest BCUT2D eigenvalue weighted by molar-refractivity contribution is 5.38. The summed E-state index contributed by atoms with van der Waals surface area (Å²) in [7, 11) is 0. The second kappa shape index (κ2) is 11.2. The Morgan fingerprint density at radius 3 is 1.90 bits per heavy atom. The zero-order valence-electron chi connectivity index (χ0n) is 17.5. The Morgan fingerprint density at radius 1 is 0.759 bits per heavy atom. The maximum Gasteiger partial charge on any atom is 0.122 e. The molecule has 1 aliphatic rings. The van der Waals surface area contributed by atoms with Crippen LogP contribution in [-0.2, 0) is 0 Å². The first kappa shape index (κ1) is 21.7. The van der Waals surface area contributed by atoms with Crippen molar-refractivity contribution in [2.75, 3.05) is 26.4 Å². The van der Waals surface area contributed by atoms with Crippen molar-refractivity contribution >= 4 is 0 Å². The summed E-state index contributed by atoms with van der Waals surface area (Å²) in [6.07, 6.45) is 6.18. The third-order valence-corrected chi connectivity index (χ3v) is 5.88. The molecule has 3 rings (SSSR count). The van der Waals surface area contributed by atoms with Crippen molar-refractivity contribution in [2.24, 2.45) is 0 Å². The van der Waals surface area contributed by atoms with E-state index in [0.717, 1.165) is 11.5 Å². The molecule has 0 bridgehead atoms. The molecule has 0 radical (unpaired) electrons. The number of hydrogen-bond acceptors (Lipinski definition) is 4. The summed E-state index contributed by atoms with van der Waals surface area (Å²) >= 11 is 0. The standard InChI is InChI=1S/C25H34O4/c1-19-18-23(10-13-25(19)29-17-3-15-27)22-6-4-20(5-7-22)21-8-11-24(12-9-21)28-16-2-14-26/h8-13,18,20,22,26-27H,2-7,14-17H2,1H3. The Balaban J connectivity index is 1.51. The minimum Gasteiger partial charge on any atom is -0.494 e. The predicted molar refractivity (Wildman–Crippen MR) is 116 cm³/mol. The van der Waals surface area contributed by atoms with Gasteiger partial charge >= 0.3 is 0 Å². The van der Waals surface area contributed by atoms with Gasteiger partial charge in [0.05, 0.1) is 13.2 Å². The van der Waals surface area contributed by atoms with Gasteiger partial charge in [-0.3, -0.25) is 0 Å². The summed E-state index contributed by atoms with van der Waals surface area (Å²) in [5.41, 5.74) is 4.00. The summed E-state index contributed by atoms with van der Waals surface area (Å²) in [6.45, 7) is 3.56. The number of aliphatic hydroxyl groups excluding tert-OH is 2. The van der Waals surface area contributed by atoms with E-state index in [1.807, 2.05) is 0 Å². The molecular weight excluding hydrogens is 364 g/mol. The molecule has 4 heteroatoms. The van der Waals surface area contributed by atoms with E-state index in [1.165, 1.54) is 42.4 Å². The number of ether oxygens (including phenoxy) is 2. The number of aryl methyl sites for hydroxylation is 1. The maximum absolute atomic E-state index is 8.89. The van der Waals surface area contributed by atoms with E-state index in [4.69, 9.17) is 19.7 Å². The summed E-state index contributed by atoms with van der Waals surface area (Å²) in [5.74, 6) is 3.06. The topological polar surface area (TPSA) is 58.9 Å². The fraction of sp³-hybridized carbons (Fsp3) is 0.520. The van der Waals surface area contributed by atoms with Crippen LogP contribution in [0, 0.1) is 6.92 Å². The van der Waals surface area contributed by atoms with Gasteiger partial charge in [-0.2, -0.15) is 0 Å². The number of hydrogen-bond donors (Lipinski definition) is 2. The highest BCUT2D eigenvalue weighted by atomic mass is 16.5. The second-order valence-electron chi connectivity index (χ2n) is 7.99. The van der Waals surface area contributed by atoms with Gasteiger partial charge in [-0.25, -0.2) is 0 Å². The molecule has 29 heavy (non-hydrogen) atoms. The van der Waals surface area contributed by atoms with E-state index in [2.05, 4.69) is 49.4 Å². The van der Waals surface area contributed by atoms with Crippen molar-refractivity contribution in [1.29, 1.82) is 0 Å². The SMILES string of the molecule is Cc1cc(C2CCC(c3ccc(OCCCO)cc3)CC2)ccc1OCCCO. The van der Waals surface area contributed by atoms with E-state index in [-0.39, 0.29) is 13.2 Å². The number of aliphatic hydroxyl groups is 2. The van der Waals surface area contributed by atoms with E-state index in [1.54, 1.807) is 0 Å². The smallest absolute Gasteiger partial charge is 0.122 e. The monoisotopic (exact) mass is 398 g/mol. The summed E-state index contributed by atoms with van der Waals surface area (Å²) in [5, 5.41) is 17.7. The van der Waals surface area contributed by atoms with Crippen LogP contribution in [0.3, 0.4) is 0 Å². The fourth-order valence-electron chi connectivity index (χ4n) is 4.19. The summed E-state index contributed by atoms with van der Waals surface area (Å²) in [6, 6.07) is 15.1. The average molecular weight is 399 g/mol. The van der Waals surface area contributed by atoms with Crippen molar-refractivity contribution < 1.29 is 19.7 Å². The van der Waals surface area contributed by atoms with Crippen molar-refractivity contribution in [3.63, 3.8) is 0 Å². The molecule has 0 aromatic heterocycles. The predicted octanol–water partition coefficient (Wildman–Crippen LogP) is 4.96. The Hall–Kier alpha value is -2.04. The molecule has 2 aromatic rings. The molecular formula is C25H34O4. The fourth-order valence-corrected chi connectivity index (χ4v) is 4.19. The van der Waals surface area contributed by atoms with E-state index >= 15 is 0 Å². The van der Waals surface area contributed by atoms with Gasteiger partial charge < -0.3 is 19.7 Å². The quantitative estimate of drug-likeness (QED) is 0.556. The van der Waals surface area contributed by atoms with Crippen LogP contribution in [-0.4, -0.2) is 36.6 Å². The third-order valence-electron chi connectivity index (χ3n) is 5.88. The molecule has 0 heterocycles. The van der Waals surface area contributed by atoms with Crippen molar-refractivity contribution in [3.8, 4) is 11.5 Å². The largest absolute Gasteiger partial charge is 0.494 e. The van der Waals surface area contributed by atoms with Gasteiger partial charge in [0.1, 0.15) is 11.5 Å². The Labute approximate surface area is 174 Å². The first-order chi connectivity index (χ1) is 14.2. The van der Waals surface area contributed by atoms with E-state index in [0.29, 0.717) is 37.9 Å². The molecule has 1 aliphatic carbocycles. The van der Waals surface area contributed by atoms with Crippen LogP contribution in [0.25, 0.3) is 0 Å². The highest BCUT2D eigenvalue weighted by Gasteiger charge is 2.24. The molecule has 1 saturated carbocycles. The van der Waals surface area contributed by atoms with Crippen molar-refractivity contribution in [3.05, 3.63) is 59.2 Å². The molecule has 158 valence electrons. The van der Waals surface area contributed by atoms with Crippen LogP contribution < -0.4 is 9.47 Å². The Kier molecular flexibility index (Phi) is 8.38. The van der Waals surface area contributed by atoms with E-state index in [9.17, 15) is 0 Å². The lowest BCUT2D eigenvalue weighted by Gasteiger charge is -2.29. The molecule has 0 aliphatic heterocycles. The third kappa shape index (κ3) is 6.22. The van der Waals surface area contributed by atoms with Crippen LogP contribution in [0.1, 0.15) is 67.1 Å². The van der Waals surface area contributed by atoms with Crippen molar-refractivity contribution in [2.45, 2.75) is 57.3 Å². The highest BCUT2D eigenvalue weighted by Crippen LogP contribution is 2.41. The van der Waals surface area contributed by atoms with Crippen LogP contribution in [0.4, 0.5) is 0 Å². The first-order valence-corrected chi connectivity index (χ1v) is 10.9. The molecule has 0 spiro atoms. The normalized spacial score (nSPS) is 19.1. The lowest BCUT2D eigenvalue weighted by atomic mass is 9.76. The Morgan fingerprint density at radius 2 is 1.31 bits per heavy atom. The van der Waals surface area contributed by atoms with Gasteiger partial charge in [0.15, 0.2) is 0 Å². The van der Waals surface area contributed by atoms with Gasteiger partial charge in [0.2, 0.25) is 0 Å². The second-order valence-corrected chi connectivity index (χ2v) is 7.99. The molecule has 0 atom stereocenters. The molecule has 0 amide bonds. The van der Waals surface area contributed by atoms with Gasteiger partial charge in [-0.05, 0) is 79.3 Å². The van der Waals surface area contributed by atoms with Crippen molar-refractivity contribution in [1.82, 2.24) is 0 Å². The van der Waals surface area contributed by atoms with Crippen LogP contribution in [0.15, 0.2) is 42.5 Å². The van der Waals surface area contributed by atoms with Gasteiger partial charge in [0.25, 0.3) is 0 Å². The lowest BCUT2D eigenvalue weighted by molar-refractivity contribution is 0.232. The van der Waals surface area contributed by atoms with Gasteiger partial charge in [0, 0.05) is 26.1 Å². The van der Waals surface area contributed by atoms with Crippen LogP contribution >= 0.6 is 0 Å². The molecule has 2 aromatic carbocycles. The molecule has 1 fully saturated rings. The zero-order chi connectivity index (χ0) is 20.5.